The normalized spacial score (nSPS) is 15.0. The molecule has 0 spiro atoms. The van der Waals surface area contributed by atoms with E-state index in [9.17, 15) is 48.9 Å². The van der Waals surface area contributed by atoms with Crippen LogP contribution in [0.4, 0.5) is 0 Å². The maximum Gasteiger partial charge on any atom is 0.326 e. The first-order chi connectivity index (χ1) is 22.7. The van der Waals surface area contributed by atoms with Gasteiger partial charge in [-0.3, -0.25) is 28.8 Å². The largest absolute Gasteiger partial charge is 0.508 e. The summed E-state index contributed by atoms with van der Waals surface area (Å²) in [5.74, 6) is -7.83. The van der Waals surface area contributed by atoms with Crippen molar-refractivity contribution in [2.24, 2.45) is 17.6 Å². The predicted octanol–water partition coefficient (Wildman–Crippen LogP) is -1.26. The van der Waals surface area contributed by atoms with Gasteiger partial charge < -0.3 is 52.7 Å². The molecule has 1 aromatic rings. The number of hydrogen-bond donors (Lipinski definition) is 10. The van der Waals surface area contributed by atoms with E-state index in [2.05, 4.69) is 26.6 Å². The fourth-order valence-corrected chi connectivity index (χ4v) is 4.54. The number of carbonyl (C=O) groups excluding carboxylic acids is 5. The van der Waals surface area contributed by atoms with Crippen LogP contribution in [-0.4, -0.2) is 104 Å². The lowest BCUT2D eigenvalue weighted by atomic mass is 9.95. The number of hydrogen-bond acceptors (Lipinski definition) is 10. The molecular formula is C32H50N6O11. The molecule has 49 heavy (non-hydrogen) atoms. The van der Waals surface area contributed by atoms with Gasteiger partial charge in [0.1, 0.15) is 35.5 Å². The van der Waals surface area contributed by atoms with Crippen molar-refractivity contribution in [3.63, 3.8) is 0 Å². The van der Waals surface area contributed by atoms with Crippen LogP contribution in [0, 0.1) is 11.8 Å². The SMILES string of the molecule is CC[C@H](C)[C@H](NC(=O)[C@H](CO)NC(=O)[C@@H](N)Cc1ccc(O)cc1)C(=O)NC(C)(C)C(=O)N[C@@H](CC(C)C)C(=O)N[C@@H](CC(=O)O)C(=O)O. The molecule has 0 saturated heterocycles. The molecule has 1 aromatic carbocycles. The third kappa shape index (κ3) is 14.1. The van der Waals surface area contributed by atoms with E-state index in [1.165, 1.54) is 26.0 Å². The summed E-state index contributed by atoms with van der Waals surface area (Å²) in [5, 5.41) is 49.7. The number of carboxylic acid groups (broad SMARTS) is 2. The predicted molar refractivity (Wildman–Crippen MR) is 176 cm³/mol. The molecular weight excluding hydrogens is 644 g/mol. The molecule has 0 bridgehead atoms. The number of amides is 5. The van der Waals surface area contributed by atoms with Crippen molar-refractivity contribution in [1.29, 1.82) is 0 Å². The van der Waals surface area contributed by atoms with Gasteiger partial charge in [0.05, 0.1) is 19.1 Å². The van der Waals surface area contributed by atoms with Crippen LogP contribution in [0.5, 0.6) is 5.75 Å². The zero-order chi connectivity index (χ0) is 37.6. The number of carboxylic acids is 2. The Balaban J connectivity index is 3.04. The fraction of sp³-hybridized carbons (Fsp3) is 0.594. The van der Waals surface area contributed by atoms with Crippen LogP contribution in [-0.2, 0) is 40.0 Å². The molecule has 0 saturated carbocycles. The topological polar surface area (TPSA) is 287 Å². The molecule has 0 fully saturated rings. The molecule has 0 heterocycles. The highest BCUT2D eigenvalue weighted by Crippen LogP contribution is 2.14. The van der Waals surface area contributed by atoms with Crippen molar-refractivity contribution in [3.8, 4) is 5.75 Å². The van der Waals surface area contributed by atoms with Gasteiger partial charge in [0.2, 0.25) is 29.5 Å². The van der Waals surface area contributed by atoms with Gasteiger partial charge in [-0.2, -0.15) is 0 Å². The summed E-state index contributed by atoms with van der Waals surface area (Å²) in [6.07, 6.45) is -0.361. The third-order valence-corrected chi connectivity index (χ3v) is 7.66. The minimum absolute atomic E-state index is 0.0334. The van der Waals surface area contributed by atoms with Crippen LogP contribution in [0.3, 0.4) is 0 Å². The van der Waals surface area contributed by atoms with Gasteiger partial charge in [0.15, 0.2) is 0 Å². The van der Waals surface area contributed by atoms with E-state index in [-0.39, 0.29) is 24.5 Å². The molecule has 274 valence electrons. The Morgan fingerprint density at radius 2 is 1.35 bits per heavy atom. The van der Waals surface area contributed by atoms with Crippen LogP contribution >= 0.6 is 0 Å². The maximum atomic E-state index is 13.5. The van der Waals surface area contributed by atoms with E-state index in [0.29, 0.717) is 12.0 Å². The molecule has 0 aliphatic rings. The number of phenolic OH excluding ortho intramolecular Hbond substituents is 1. The van der Waals surface area contributed by atoms with E-state index in [1.54, 1.807) is 39.8 Å². The molecule has 5 amide bonds. The van der Waals surface area contributed by atoms with Crippen LogP contribution in [0.1, 0.15) is 66.4 Å². The van der Waals surface area contributed by atoms with E-state index in [4.69, 9.17) is 10.8 Å². The van der Waals surface area contributed by atoms with Gasteiger partial charge in [-0.25, -0.2) is 4.79 Å². The number of carbonyl (C=O) groups is 7. The summed E-state index contributed by atoms with van der Waals surface area (Å²) in [6, 6.07) is -0.825. The summed E-state index contributed by atoms with van der Waals surface area (Å²) >= 11 is 0. The second-order valence-electron chi connectivity index (χ2n) is 12.9. The highest BCUT2D eigenvalue weighted by molar-refractivity contribution is 5.98. The number of nitrogens with one attached hydrogen (secondary N) is 5. The van der Waals surface area contributed by atoms with Crippen LogP contribution in [0.2, 0.25) is 0 Å². The summed E-state index contributed by atoms with van der Waals surface area (Å²) in [4.78, 5) is 88.2. The summed E-state index contributed by atoms with van der Waals surface area (Å²) < 4.78 is 0. The summed E-state index contributed by atoms with van der Waals surface area (Å²) in [7, 11) is 0. The molecule has 0 radical (unpaired) electrons. The van der Waals surface area contributed by atoms with Crippen molar-refractivity contribution >= 4 is 41.5 Å². The smallest absolute Gasteiger partial charge is 0.326 e. The minimum atomic E-state index is -1.74. The Hall–Kier alpha value is -4.77. The van der Waals surface area contributed by atoms with Crippen molar-refractivity contribution in [3.05, 3.63) is 29.8 Å². The molecule has 6 atom stereocenters. The zero-order valence-electron chi connectivity index (χ0n) is 28.6. The monoisotopic (exact) mass is 694 g/mol. The molecule has 17 nitrogen and oxygen atoms in total. The van der Waals surface area contributed by atoms with Crippen LogP contribution in [0.15, 0.2) is 24.3 Å². The standard InChI is InChI=1S/C32H50N6O11/c1-7-17(4)25(37-28(45)23(15-39)35-26(43)20(33)13-18-8-10-19(40)11-9-18)29(46)38-32(5,6)31(49)36-21(12-16(2)3)27(44)34-22(30(47)48)14-24(41)42/h8-11,16-17,20-23,25,39-40H,7,12-15,33H2,1-6H3,(H,34,44)(H,35,43)(H,36,49)(H,37,45)(H,38,46)(H,41,42)(H,47,48)/t17-,20-,21-,22-,23-,25-/m0/s1. The van der Waals surface area contributed by atoms with Crippen molar-refractivity contribution in [2.45, 2.75) is 103 Å². The van der Waals surface area contributed by atoms with Gasteiger partial charge >= 0.3 is 11.9 Å². The van der Waals surface area contributed by atoms with E-state index >= 15 is 0 Å². The van der Waals surface area contributed by atoms with Gasteiger partial charge in [-0.05, 0) is 56.2 Å². The lowest BCUT2D eigenvalue weighted by molar-refractivity contribution is -0.147. The van der Waals surface area contributed by atoms with Gasteiger partial charge in [0, 0.05) is 0 Å². The molecule has 17 heteroatoms. The number of nitrogens with two attached hydrogens (primary N) is 1. The zero-order valence-corrected chi connectivity index (χ0v) is 28.6. The van der Waals surface area contributed by atoms with Crippen LogP contribution in [0.25, 0.3) is 0 Å². The lowest BCUT2D eigenvalue weighted by Crippen LogP contribution is -2.64. The Kier molecular flexibility index (Phi) is 16.6. The number of benzene rings is 1. The number of aliphatic hydroxyl groups excluding tert-OH is 1. The number of aliphatic carboxylic acids is 2. The number of rotatable bonds is 20. The lowest BCUT2D eigenvalue weighted by Gasteiger charge is -2.32. The number of aliphatic hydroxyl groups is 1. The fourth-order valence-electron chi connectivity index (χ4n) is 4.54. The van der Waals surface area contributed by atoms with Gasteiger partial charge in [0.25, 0.3) is 0 Å². The molecule has 11 N–H and O–H groups in total. The first-order valence-electron chi connectivity index (χ1n) is 15.8. The second kappa shape index (κ2) is 19.3. The van der Waals surface area contributed by atoms with Crippen molar-refractivity contribution < 1.29 is 54.0 Å². The van der Waals surface area contributed by atoms with Crippen molar-refractivity contribution in [2.75, 3.05) is 6.61 Å². The summed E-state index contributed by atoms with van der Waals surface area (Å²) in [5.41, 5.74) is 4.94. The van der Waals surface area contributed by atoms with Crippen LogP contribution < -0.4 is 32.3 Å². The molecule has 0 aliphatic heterocycles. The average Bonchev–Trinajstić information content (AvgIpc) is 3.01. The second-order valence-corrected chi connectivity index (χ2v) is 12.9. The average molecular weight is 695 g/mol. The molecule has 1 rings (SSSR count). The molecule has 0 aromatic heterocycles. The first kappa shape index (κ1) is 42.3. The highest BCUT2D eigenvalue weighted by Gasteiger charge is 2.38. The minimum Gasteiger partial charge on any atom is -0.508 e. The van der Waals surface area contributed by atoms with Gasteiger partial charge in [-0.1, -0.05) is 46.2 Å². The Labute approximate surface area is 284 Å². The van der Waals surface area contributed by atoms with E-state index < -0.39 is 96.2 Å². The quantitative estimate of drug-likeness (QED) is 0.0766. The van der Waals surface area contributed by atoms with Crippen molar-refractivity contribution in [1.82, 2.24) is 26.6 Å². The highest BCUT2D eigenvalue weighted by atomic mass is 16.4. The Morgan fingerprint density at radius 3 is 1.84 bits per heavy atom. The van der Waals surface area contributed by atoms with E-state index in [0.717, 1.165) is 0 Å². The summed E-state index contributed by atoms with van der Waals surface area (Å²) in [6.45, 7) is 8.78. The number of phenols is 1. The Bertz CT molecular complexity index is 1340. The first-order valence-corrected chi connectivity index (χ1v) is 15.8. The third-order valence-electron chi connectivity index (χ3n) is 7.66. The maximum absolute atomic E-state index is 13.5. The molecule has 0 aliphatic carbocycles. The van der Waals surface area contributed by atoms with Gasteiger partial charge in [-0.15, -0.1) is 0 Å². The molecule has 0 unspecified atom stereocenters. The van der Waals surface area contributed by atoms with E-state index in [1.807, 2.05) is 0 Å². The Morgan fingerprint density at radius 1 is 0.796 bits per heavy atom. The number of aromatic hydroxyl groups is 1.